The van der Waals surface area contributed by atoms with E-state index in [2.05, 4.69) is 29.5 Å². The third kappa shape index (κ3) is 9.28. The van der Waals surface area contributed by atoms with Gasteiger partial charge >= 0.3 is 0 Å². The Labute approximate surface area is 137 Å². The van der Waals surface area contributed by atoms with E-state index in [0.717, 1.165) is 25.4 Å². The first-order valence-electron chi connectivity index (χ1n) is 8.34. The van der Waals surface area contributed by atoms with E-state index in [4.69, 9.17) is 0 Å². The molecule has 22 heavy (non-hydrogen) atoms. The first-order valence-corrected chi connectivity index (χ1v) is 10.00. The van der Waals surface area contributed by atoms with Crippen LogP contribution < -0.4 is 10.6 Å². The van der Waals surface area contributed by atoms with Gasteiger partial charge in [0.2, 0.25) is 0 Å². The summed E-state index contributed by atoms with van der Waals surface area (Å²) in [6, 6.07) is 0. The molecule has 6 heteroatoms. The van der Waals surface area contributed by atoms with Crippen molar-refractivity contribution in [2.45, 2.75) is 65.6 Å². The van der Waals surface area contributed by atoms with Crippen molar-refractivity contribution in [2.24, 2.45) is 10.9 Å². The molecule has 0 radical (unpaired) electrons. The molecule has 0 spiro atoms. The highest BCUT2D eigenvalue weighted by atomic mass is 32.2. The van der Waals surface area contributed by atoms with Crippen molar-refractivity contribution in [1.82, 2.24) is 10.6 Å². The van der Waals surface area contributed by atoms with Crippen molar-refractivity contribution in [3.05, 3.63) is 0 Å². The van der Waals surface area contributed by atoms with Crippen molar-refractivity contribution in [3.63, 3.8) is 0 Å². The van der Waals surface area contributed by atoms with Crippen molar-refractivity contribution < 1.29 is 8.42 Å². The predicted molar refractivity (Wildman–Crippen MR) is 96.2 cm³/mol. The molecule has 5 nitrogen and oxygen atoms in total. The van der Waals surface area contributed by atoms with E-state index < -0.39 is 14.6 Å². The maximum Gasteiger partial charge on any atom is 0.191 e. The number of nitrogens with zero attached hydrogens (tertiary/aromatic N) is 1. The molecule has 0 amide bonds. The van der Waals surface area contributed by atoms with Gasteiger partial charge in [-0.15, -0.1) is 0 Å². The molecule has 0 bridgehead atoms. The number of guanidine groups is 1. The van der Waals surface area contributed by atoms with Gasteiger partial charge in [0.1, 0.15) is 0 Å². The molecule has 0 saturated heterocycles. The molecule has 0 aromatic carbocycles. The number of hydrogen-bond acceptors (Lipinski definition) is 3. The monoisotopic (exact) mass is 333 g/mol. The van der Waals surface area contributed by atoms with E-state index in [9.17, 15) is 8.42 Å². The van der Waals surface area contributed by atoms with Crippen molar-refractivity contribution >= 4 is 15.8 Å². The lowest BCUT2D eigenvalue weighted by Crippen LogP contribution is -2.41. The van der Waals surface area contributed by atoms with Gasteiger partial charge < -0.3 is 10.6 Å². The highest BCUT2D eigenvalue weighted by molar-refractivity contribution is 7.92. The number of unbranched alkanes of at least 4 members (excludes halogenated alkanes) is 1. The average Bonchev–Trinajstić information content (AvgIpc) is 2.36. The normalized spacial score (nSPS) is 13.5. The second kappa shape index (κ2) is 10.1. The number of hydrogen-bond donors (Lipinski definition) is 2. The Morgan fingerprint density at radius 3 is 2.27 bits per heavy atom. The molecular formula is C16H35N3O2S. The Hall–Kier alpha value is -0.780. The van der Waals surface area contributed by atoms with Gasteiger partial charge in [-0.3, -0.25) is 4.99 Å². The van der Waals surface area contributed by atoms with Gasteiger partial charge in [-0.25, -0.2) is 8.42 Å². The lowest BCUT2D eigenvalue weighted by atomic mass is 10.1. The summed E-state index contributed by atoms with van der Waals surface area (Å²) in [4.78, 5) is 4.49. The van der Waals surface area contributed by atoms with Crippen LogP contribution in [0.15, 0.2) is 4.99 Å². The Morgan fingerprint density at radius 2 is 1.77 bits per heavy atom. The second-order valence-corrected chi connectivity index (χ2v) is 9.87. The molecule has 0 atom stereocenters. The third-order valence-corrected chi connectivity index (χ3v) is 6.01. The van der Waals surface area contributed by atoms with E-state index in [-0.39, 0.29) is 5.75 Å². The fraction of sp³-hybridized carbons (Fsp3) is 0.938. The van der Waals surface area contributed by atoms with E-state index in [0.29, 0.717) is 12.5 Å². The lowest BCUT2D eigenvalue weighted by molar-refractivity contribution is 0.541. The van der Waals surface area contributed by atoms with Crippen LogP contribution >= 0.6 is 0 Å². The summed E-state index contributed by atoms with van der Waals surface area (Å²) < 4.78 is 23.4. The molecule has 0 aromatic rings. The van der Waals surface area contributed by atoms with Crippen LogP contribution in [0.1, 0.15) is 60.8 Å². The molecule has 0 aliphatic carbocycles. The van der Waals surface area contributed by atoms with Crippen molar-refractivity contribution in [1.29, 1.82) is 0 Å². The van der Waals surface area contributed by atoms with Crippen LogP contribution in [0.5, 0.6) is 0 Å². The quantitative estimate of drug-likeness (QED) is 0.386. The molecule has 2 N–H and O–H groups in total. The molecule has 0 aliphatic heterocycles. The molecular weight excluding hydrogens is 298 g/mol. The van der Waals surface area contributed by atoms with Crippen LogP contribution in [0, 0.1) is 5.92 Å². The number of sulfone groups is 1. The minimum absolute atomic E-state index is 0.119. The summed E-state index contributed by atoms with van der Waals surface area (Å²) >= 11 is 0. The summed E-state index contributed by atoms with van der Waals surface area (Å²) in [6.45, 7) is 13.6. The van der Waals surface area contributed by atoms with Crippen LogP contribution in [0.25, 0.3) is 0 Å². The number of nitrogens with one attached hydrogen (secondary N) is 2. The smallest absolute Gasteiger partial charge is 0.191 e. The average molecular weight is 334 g/mol. The summed E-state index contributed by atoms with van der Waals surface area (Å²) in [5, 5.41) is 6.26. The highest BCUT2D eigenvalue weighted by Gasteiger charge is 2.28. The van der Waals surface area contributed by atoms with Gasteiger partial charge in [0.25, 0.3) is 0 Å². The summed E-state index contributed by atoms with van der Waals surface area (Å²) in [6.07, 6.45) is 3.47. The van der Waals surface area contributed by atoms with Crippen molar-refractivity contribution in [2.75, 3.05) is 25.4 Å². The van der Waals surface area contributed by atoms with Crippen LogP contribution in [-0.2, 0) is 9.84 Å². The predicted octanol–water partition coefficient (Wildman–Crippen LogP) is 2.58. The highest BCUT2D eigenvalue weighted by Crippen LogP contribution is 2.15. The van der Waals surface area contributed by atoms with Crippen LogP contribution in [0.4, 0.5) is 0 Å². The van der Waals surface area contributed by atoms with Gasteiger partial charge in [0.05, 0.1) is 10.5 Å². The van der Waals surface area contributed by atoms with Gasteiger partial charge in [-0.1, -0.05) is 26.7 Å². The van der Waals surface area contributed by atoms with Gasteiger partial charge in [-0.2, -0.15) is 0 Å². The summed E-state index contributed by atoms with van der Waals surface area (Å²) in [7, 11) is -3.09. The van der Waals surface area contributed by atoms with Gasteiger partial charge in [-0.05, 0) is 40.0 Å². The van der Waals surface area contributed by atoms with Crippen LogP contribution in [0.3, 0.4) is 0 Å². The maximum atomic E-state index is 12.1. The zero-order valence-corrected chi connectivity index (χ0v) is 16.0. The van der Waals surface area contributed by atoms with Crippen LogP contribution in [0.2, 0.25) is 0 Å². The largest absolute Gasteiger partial charge is 0.357 e. The van der Waals surface area contributed by atoms with Crippen molar-refractivity contribution in [3.8, 4) is 0 Å². The Bertz CT molecular complexity index is 423. The van der Waals surface area contributed by atoms with E-state index in [1.165, 1.54) is 12.8 Å². The molecule has 0 heterocycles. The molecule has 132 valence electrons. The zero-order chi connectivity index (χ0) is 17.2. The van der Waals surface area contributed by atoms with E-state index >= 15 is 0 Å². The molecule has 0 unspecified atom stereocenters. The third-order valence-electron chi connectivity index (χ3n) is 3.40. The van der Waals surface area contributed by atoms with Gasteiger partial charge in [0.15, 0.2) is 15.8 Å². The molecule has 0 aromatic heterocycles. The minimum atomic E-state index is -3.09. The first-order chi connectivity index (χ1) is 10.1. The van der Waals surface area contributed by atoms with E-state index in [1.807, 2.05) is 6.92 Å². The molecule has 0 fully saturated rings. The Kier molecular flexibility index (Phi) is 9.72. The number of rotatable bonds is 9. The first kappa shape index (κ1) is 21.2. The molecule has 0 saturated carbocycles. The SMILES string of the molecule is CCNC(=NCCCCC(C)C)NCCS(=O)(=O)C(C)(C)C. The standard InChI is InChI=1S/C16H35N3O2S/c1-7-17-15(18-11-9-8-10-14(2)3)19-12-13-22(20,21)16(4,5)6/h14H,7-13H2,1-6H3,(H2,17,18,19). The Balaban J connectivity index is 4.24. The second-order valence-electron chi connectivity index (χ2n) is 7.01. The van der Waals surface area contributed by atoms with E-state index in [1.54, 1.807) is 20.8 Å². The number of aliphatic imine (C=N–C) groups is 1. The minimum Gasteiger partial charge on any atom is -0.357 e. The fourth-order valence-corrected chi connectivity index (χ4v) is 2.79. The fourth-order valence-electron chi connectivity index (χ4n) is 1.81. The summed E-state index contributed by atoms with van der Waals surface area (Å²) in [5.41, 5.74) is 0. The maximum absolute atomic E-state index is 12.1. The lowest BCUT2D eigenvalue weighted by Gasteiger charge is -2.19. The zero-order valence-electron chi connectivity index (χ0n) is 15.2. The van der Waals surface area contributed by atoms with Crippen LogP contribution in [-0.4, -0.2) is 44.5 Å². The summed E-state index contributed by atoms with van der Waals surface area (Å²) in [5.74, 6) is 1.56. The topological polar surface area (TPSA) is 70.6 Å². The van der Waals surface area contributed by atoms with Gasteiger partial charge in [0, 0.05) is 19.6 Å². The Morgan fingerprint density at radius 1 is 1.14 bits per heavy atom. The molecule has 0 rings (SSSR count). The molecule has 0 aliphatic rings.